The lowest BCUT2D eigenvalue weighted by atomic mass is 9.96. The fourth-order valence-corrected chi connectivity index (χ4v) is 4.04. The summed E-state index contributed by atoms with van der Waals surface area (Å²) in [6.45, 7) is 0. The van der Waals surface area contributed by atoms with E-state index in [9.17, 15) is 0 Å². The van der Waals surface area contributed by atoms with Crippen molar-refractivity contribution in [2.45, 2.75) is 44.1 Å². The van der Waals surface area contributed by atoms with Crippen LogP contribution in [-0.2, 0) is 0 Å². The van der Waals surface area contributed by atoms with Gasteiger partial charge < -0.3 is 5.73 Å². The molecule has 1 aliphatic carbocycles. The Kier molecular flexibility index (Phi) is 3.55. The first-order valence-electron chi connectivity index (χ1n) is 6.55. The second-order valence-electron chi connectivity index (χ2n) is 5.07. The first-order valence-corrected chi connectivity index (χ1v) is 7.75. The normalized spacial score (nSPS) is 25.2. The standard InChI is InChI=1S/C14H17ClN2S/c15-9-6-7-13-12(8-9)17-14(18-13)10-4-2-1-3-5-11(10)16/h6-8,10-11H,1-5,16H2. The van der Waals surface area contributed by atoms with Gasteiger partial charge in [0.25, 0.3) is 0 Å². The molecule has 1 aromatic heterocycles. The van der Waals surface area contributed by atoms with E-state index in [-0.39, 0.29) is 6.04 Å². The Morgan fingerprint density at radius 1 is 1.22 bits per heavy atom. The molecule has 3 rings (SSSR count). The summed E-state index contributed by atoms with van der Waals surface area (Å²) in [4.78, 5) is 4.74. The van der Waals surface area contributed by atoms with Crippen molar-refractivity contribution in [3.8, 4) is 0 Å². The van der Waals surface area contributed by atoms with Gasteiger partial charge in [-0.15, -0.1) is 11.3 Å². The fraction of sp³-hybridized carbons (Fsp3) is 0.500. The monoisotopic (exact) mass is 280 g/mol. The van der Waals surface area contributed by atoms with Crippen molar-refractivity contribution in [2.24, 2.45) is 5.73 Å². The maximum absolute atomic E-state index is 6.30. The van der Waals surface area contributed by atoms with Gasteiger partial charge in [0.05, 0.1) is 15.2 Å². The SMILES string of the molecule is NC1CCCCCC1c1nc2cc(Cl)ccc2s1. The van der Waals surface area contributed by atoms with Crippen molar-refractivity contribution < 1.29 is 0 Å². The maximum atomic E-state index is 6.30. The van der Waals surface area contributed by atoms with Gasteiger partial charge >= 0.3 is 0 Å². The molecule has 4 heteroatoms. The number of benzene rings is 1. The molecule has 1 aliphatic rings. The predicted molar refractivity (Wildman–Crippen MR) is 78.4 cm³/mol. The quantitative estimate of drug-likeness (QED) is 0.790. The molecule has 2 N–H and O–H groups in total. The predicted octanol–water partition coefficient (Wildman–Crippen LogP) is 4.32. The highest BCUT2D eigenvalue weighted by Crippen LogP contribution is 2.36. The van der Waals surface area contributed by atoms with Gasteiger partial charge in [0, 0.05) is 17.0 Å². The number of rotatable bonds is 1. The van der Waals surface area contributed by atoms with Crippen LogP contribution in [0.15, 0.2) is 18.2 Å². The molecule has 2 aromatic rings. The van der Waals surface area contributed by atoms with E-state index in [0.29, 0.717) is 5.92 Å². The lowest BCUT2D eigenvalue weighted by Crippen LogP contribution is -2.27. The molecule has 1 aromatic carbocycles. The second kappa shape index (κ2) is 5.16. The van der Waals surface area contributed by atoms with Crippen LogP contribution in [0.3, 0.4) is 0 Å². The molecule has 0 radical (unpaired) electrons. The van der Waals surface area contributed by atoms with Crippen LogP contribution in [0.1, 0.15) is 43.0 Å². The van der Waals surface area contributed by atoms with Crippen LogP contribution in [0.25, 0.3) is 10.2 Å². The van der Waals surface area contributed by atoms with E-state index >= 15 is 0 Å². The van der Waals surface area contributed by atoms with Crippen LogP contribution >= 0.6 is 22.9 Å². The van der Waals surface area contributed by atoms with Crippen LogP contribution in [0.4, 0.5) is 0 Å². The molecule has 96 valence electrons. The largest absolute Gasteiger partial charge is 0.327 e. The number of aromatic nitrogens is 1. The van der Waals surface area contributed by atoms with Gasteiger partial charge in [-0.3, -0.25) is 0 Å². The minimum absolute atomic E-state index is 0.267. The highest BCUT2D eigenvalue weighted by Gasteiger charge is 2.24. The van der Waals surface area contributed by atoms with Crippen molar-refractivity contribution in [2.75, 3.05) is 0 Å². The summed E-state index contributed by atoms with van der Waals surface area (Å²) in [5, 5.41) is 1.95. The second-order valence-corrected chi connectivity index (χ2v) is 6.57. The van der Waals surface area contributed by atoms with E-state index < -0.39 is 0 Å². The minimum atomic E-state index is 0.267. The summed E-state index contributed by atoms with van der Waals surface area (Å²) in [5.74, 6) is 0.434. The van der Waals surface area contributed by atoms with Gasteiger partial charge in [-0.25, -0.2) is 4.98 Å². The van der Waals surface area contributed by atoms with Crippen molar-refractivity contribution in [1.82, 2.24) is 4.98 Å². The molecule has 0 spiro atoms. The average Bonchev–Trinajstić information content (AvgIpc) is 2.63. The highest BCUT2D eigenvalue weighted by molar-refractivity contribution is 7.18. The summed E-state index contributed by atoms with van der Waals surface area (Å²) >= 11 is 7.78. The molecule has 1 heterocycles. The Morgan fingerprint density at radius 3 is 2.94 bits per heavy atom. The number of halogens is 1. The zero-order valence-corrected chi connectivity index (χ0v) is 11.8. The number of hydrogen-bond donors (Lipinski definition) is 1. The highest BCUT2D eigenvalue weighted by atomic mass is 35.5. The van der Waals surface area contributed by atoms with Crippen molar-refractivity contribution >= 4 is 33.2 Å². The molecule has 1 saturated carbocycles. The Hall–Kier alpha value is -0.640. The number of hydrogen-bond acceptors (Lipinski definition) is 3. The topological polar surface area (TPSA) is 38.9 Å². The summed E-state index contributed by atoms with van der Waals surface area (Å²) < 4.78 is 1.21. The van der Waals surface area contributed by atoms with E-state index in [1.165, 1.54) is 35.4 Å². The molecule has 2 unspecified atom stereocenters. The van der Waals surface area contributed by atoms with Gasteiger partial charge in [0.1, 0.15) is 0 Å². The van der Waals surface area contributed by atoms with Crippen molar-refractivity contribution in [1.29, 1.82) is 0 Å². The maximum Gasteiger partial charge on any atom is 0.0984 e. The molecule has 0 aliphatic heterocycles. The molecule has 18 heavy (non-hydrogen) atoms. The van der Waals surface area contributed by atoms with Gasteiger partial charge in [-0.05, 0) is 31.0 Å². The van der Waals surface area contributed by atoms with Crippen molar-refractivity contribution in [3.63, 3.8) is 0 Å². The molecule has 0 bridgehead atoms. The lowest BCUT2D eigenvalue weighted by Gasteiger charge is -2.18. The summed E-state index contributed by atoms with van der Waals surface area (Å²) in [6.07, 6.45) is 6.14. The van der Waals surface area contributed by atoms with E-state index in [2.05, 4.69) is 6.07 Å². The van der Waals surface area contributed by atoms with Gasteiger partial charge in [-0.1, -0.05) is 30.9 Å². The Bertz CT molecular complexity index is 552. The summed E-state index contributed by atoms with van der Waals surface area (Å²) in [6, 6.07) is 6.20. The minimum Gasteiger partial charge on any atom is -0.327 e. The molecular weight excluding hydrogens is 264 g/mol. The van der Waals surface area contributed by atoms with Gasteiger partial charge in [-0.2, -0.15) is 0 Å². The van der Waals surface area contributed by atoms with Crippen LogP contribution in [0.2, 0.25) is 5.02 Å². The smallest absolute Gasteiger partial charge is 0.0984 e. The van der Waals surface area contributed by atoms with Crippen LogP contribution in [-0.4, -0.2) is 11.0 Å². The van der Waals surface area contributed by atoms with Gasteiger partial charge in [0.15, 0.2) is 0 Å². The summed E-state index contributed by atoms with van der Waals surface area (Å²) in [7, 11) is 0. The average molecular weight is 281 g/mol. The zero-order valence-electron chi connectivity index (χ0n) is 10.2. The number of nitrogens with zero attached hydrogens (tertiary/aromatic N) is 1. The summed E-state index contributed by atoms with van der Waals surface area (Å²) in [5.41, 5.74) is 7.32. The molecule has 2 nitrogen and oxygen atoms in total. The third kappa shape index (κ3) is 2.40. The first-order chi connectivity index (χ1) is 8.74. The van der Waals surface area contributed by atoms with E-state index in [1.807, 2.05) is 12.1 Å². The number of fused-ring (bicyclic) bond motifs is 1. The van der Waals surface area contributed by atoms with Crippen LogP contribution < -0.4 is 5.73 Å². The number of nitrogens with two attached hydrogens (primary N) is 1. The molecular formula is C14H17ClN2S. The number of thiazole rings is 1. The van der Waals surface area contributed by atoms with E-state index in [4.69, 9.17) is 22.3 Å². The fourth-order valence-electron chi connectivity index (χ4n) is 2.72. The van der Waals surface area contributed by atoms with Crippen LogP contribution in [0, 0.1) is 0 Å². The van der Waals surface area contributed by atoms with E-state index in [1.54, 1.807) is 11.3 Å². The van der Waals surface area contributed by atoms with E-state index in [0.717, 1.165) is 17.0 Å². The molecule has 0 saturated heterocycles. The van der Waals surface area contributed by atoms with Crippen LogP contribution in [0.5, 0.6) is 0 Å². The zero-order chi connectivity index (χ0) is 12.5. The van der Waals surface area contributed by atoms with Gasteiger partial charge in [0.2, 0.25) is 0 Å². The Morgan fingerprint density at radius 2 is 2.06 bits per heavy atom. The molecule has 2 atom stereocenters. The van der Waals surface area contributed by atoms with Crippen molar-refractivity contribution in [3.05, 3.63) is 28.2 Å². The first kappa shape index (κ1) is 12.4. The molecule has 0 amide bonds. The third-order valence-corrected chi connectivity index (χ3v) is 5.16. The lowest BCUT2D eigenvalue weighted by molar-refractivity contribution is 0.504. The Balaban J connectivity index is 1.97. The third-order valence-electron chi connectivity index (χ3n) is 3.75. The Labute approximate surface area is 116 Å². The molecule has 1 fully saturated rings.